The van der Waals surface area contributed by atoms with Crippen molar-refractivity contribution in [1.82, 2.24) is 15.1 Å². The number of nitrogens with one attached hydrogen (secondary N) is 1. The van der Waals surface area contributed by atoms with Gasteiger partial charge in [-0.3, -0.25) is 4.68 Å². The Labute approximate surface area is 122 Å². The molecule has 0 aliphatic rings. The molecule has 3 heteroatoms. The first-order valence-corrected chi connectivity index (χ1v) is 7.41. The summed E-state index contributed by atoms with van der Waals surface area (Å²) in [6, 6.07) is 7.03. The first-order chi connectivity index (χ1) is 9.58. The maximum absolute atomic E-state index is 4.48. The highest BCUT2D eigenvalue weighted by Gasteiger charge is 2.07. The fourth-order valence-corrected chi connectivity index (χ4v) is 2.52. The molecule has 0 saturated carbocycles. The third-order valence-corrected chi connectivity index (χ3v) is 3.48. The van der Waals surface area contributed by atoms with Crippen molar-refractivity contribution in [1.29, 1.82) is 0 Å². The molecule has 1 aromatic carbocycles. The maximum atomic E-state index is 4.48. The van der Waals surface area contributed by atoms with Gasteiger partial charge in [-0.05, 0) is 39.3 Å². The average Bonchev–Trinajstić information content (AvgIpc) is 2.83. The van der Waals surface area contributed by atoms with Crippen LogP contribution in [0, 0.1) is 13.8 Å². The molecule has 0 saturated heterocycles. The Morgan fingerprint density at radius 1 is 1.20 bits per heavy atom. The Hall–Kier alpha value is -1.61. The normalized spacial score (nSPS) is 12.6. The van der Waals surface area contributed by atoms with Crippen LogP contribution >= 0.6 is 0 Å². The van der Waals surface area contributed by atoms with Gasteiger partial charge in [0.2, 0.25) is 0 Å². The summed E-state index contributed by atoms with van der Waals surface area (Å²) in [5.74, 6) is 0. The van der Waals surface area contributed by atoms with Crippen molar-refractivity contribution >= 4 is 0 Å². The second-order valence-electron chi connectivity index (χ2n) is 5.64. The van der Waals surface area contributed by atoms with Crippen molar-refractivity contribution in [2.45, 2.75) is 46.7 Å². The Bertz CT molecular complexity index is 537. The summed E-state index contributed by atoms with van der Waals surface area (Å²) in [5, 5.41) is 7.97. The van der Waals surface area contributed by atoms with Crippen LogP contribution in [0.5, 0.6) is 0 Å². The monoisotopic (exact) mass is 271 g/mol. The molecule has 1 unspecified atom stereocenters. The van der Waals surface area contributed by atoms with Crippen LogP contribution in [-0.2, 0) is 6.54 Å². The van der Waals surface area contributed by atoms with Gasteiger partial charge < -0.3 is 5.32 Å². The quantitative estimate of drug-likeness (QED) is 0.870. The largest absolute Gasteiger partial charge is 0.310 e. The molecule has 20 heavy (non-hydrogen) atoms. The lowest BCUT2D eigenvalue weighted by molar-refractivity contribution is 0.569. The van der Waals surface area contributed by atoms with Gasteiger partial charge in [0.25, 0.3) is 0 Å². The van der Waals surface area contributed by atoms with Crippen LogP contribution in [0.15, 0.2) is 30.6 Å². The maximum Gasteiger partial charge on any atom is 0.0659 e. The van der Waals surface area contributed by atoms with E-state index >= 15 is 0 Å². The zero-order valence-corrected chi connectivity index (χ0v) is 13.0. The summed E-state index contributed by atoms with van der Waals surface area (Å²) in [6.07, 6.45) is 5.27. The van der Waals surface area contributed by atoms with Crippen LogP contribution in [0.2, 0.25) is 0 Å². The van der Waals surface area contributed by atoms with E-state index in [1.807, 2.05) is 10.9 Å². The predicted molar refractivity (Wildman–Crippen MR) is 84.0 cm³/mol. The van der Waals surface area contributed by atoms with Crippen molar-refractivity contribution in [3.8, 4) is 0 Å². The number of aromatic nitrogens is 2. The summed E-state index contributed by atoms with van der Waals surface area (Å²) in [4.78, 5) is 0. The molecule has 0 aliphatic carbocycles. The average molecular weight is 271 g/mol. The van der Waals surface area contributed by atoms with Crippen molar-refractivity contribution in [2.24, 2.45) is 0 Å². The molecule has 108 valence electrons. The molecule has 0 bridgehead atoms. The fraction of sp³-hybridized carbons (Fsp3) is 0.471. The summed E-state index contributed by atoms with van der Waals surface area (Å²) in [5.41, 5.74) is 5.19. The van der Waals surface area contributed by atoms with Gasteiger partial charge in [-0.25, -0.2) is 0 Å². The number of aryl methyl sites for hydroxylation is 2. The van der Waals surface area contributed by atoms with Gasteiger partial charge in [0.15, 0.2) is 0 Å². The molecule has 0 spiro atoms. The number of hydrogen-bond donors (Lipinski definition) is 1. The highest BCUT2D eigenvalue weighted by molar-refractivity contribution is 5.28. The molecular formula is C17H25N3. The van der Waals surface area contributed by atoms with Gasteiger partial charge in [-0.15, -0.1) is 0 Å². The molecular weight excluding hydrogens is 246 g/mol. The molecule has 3 nitrogen and oxygen atoms in total. The third kappa shape index (κ3) is 3.94. The zero-order chi connectivity index (χ0) is 14.5. The molecule has 1 heterocycles. The molecule has 1 N–H and O–H groups in total. The van der Waals surface area contributed by atoms with Crippen molar-refractivity contribution in [2.75, 3.05) is 6.54 Å². The lowest BCUT2D eigenvalue weighted by atomic mass is 10.1. The highest BCUT2D eigenvalue weighted by Crippen LogP contribution is 2.14. The summed E-state index contributed by atoms with van der Waals surface area (Å²) >= 11 is 0. The third-order valence-electron chi connectivity index (χ3n) is 3.48. The number of nitrogens with zero attached hydrogens (tertiary/aromatic N) is 2. The molecule has 0 fully saturated rings. The number of benzene rings is 1. The van der Waals surface area contributed by atoms with E-state index in [0.717, 1.165) is 19.5 Å². The Kier molecular flexibility index (Phi) is 4.96. The van der Waals surface area contributed by atoms with E-state index in [0.29, 0.717) is 6.04 Å². The second kappa shape index (κ2) is 6.71. The predicted octanol–water partition coefficient (Wildman–Crippen LogP) is 3.61. The molecule has 2 rings (SSSR count). The van der Waals surface area contributed by atoms with E-state index in [-0.39, 0.29) is 0 Å². The van der Waals surface area contributed by atoms with E-state index in [1.54, 1.807) is 0 Å². The molecule has 1 aromatic heterocycles. The zero-order valence-electron chi connectivity index (χ0n) is 13.0. The van der Waals surface area contributed by atoms with E-state index in [4.69, 9.17) is 0 Å². The minimum absolute atomic E-state index is 0.364. The number of rotatable bonds is 6. The van der Waals surface area contributed by atoms with E-state index < -0.39 is 0 Å². The topological polar surface area (TPSA) is 29.9 Å². The minimum Gasteiger partial charge on any atom is -0.310 e. The van der Waals surface area contributed by atoms with Crippen LogP contribution in [0.25, 0.3) is 0 Å². The molecule has 0 aliphatic heterocycles. The molecule has 0 radical (unpaired) electrons. The Balaban J connectivity index is 2.05. The minimum atomic E-state index is 0.364. The van der Waals surface area contributed by atoms with Crippen molar-refractivity contribution in [3.05, 3.63) is 52.8 Å². The summed E-state index contributed by atoms with van der Waals surface area (Å²) < 4.78 is 2.02. The fourth-order valence-electron chi connectivity index (χ4n) is 2.52. The van der Waals surface area contributed by atoms with Crippen LogP contribution in [0.3, 0.4) is 0 Å². The first kappa shape index (κ1) is 14.8. The second-order valence-corrected chi connectivity index (χ2v) is 5.64. The van der Waals surface area contributed by atoms with Gasteiger partial charge in [0.1, 0.15) is 0 Å². The molecule has 2 aromatic rings. The Morgan fingerprint density at radius 2 is 1.90 bits per heavy atom. The smallest absolute Gasteiger partial charge is 0.0659 e. The number of hydrogen-bond acceptors (Lipinski definition) is 2. The Morgan fingerprint density at radius 3 is 2.55 bits per heavy atom. The lowest BCUT2D eigenvalue weighted by Crippen LogP contribution is -2.18. The van der Waals surface area contributed by atoms with Gasteiger partial charge in [0.05, 0.1) is 12.7 Å². The molecule has 0 amide bonds. The lowest BCUT2D eigenvalue weighted by Gasteiger charge is -2.10. The first-order valence-electron chi connectivity index (χ1n) is 7.41. The van der Waals surface area contributed by atoms with E-state index in [1.165, 1.54) is 22.3 Å². The van der Waals surface area contributed by atoms with Crippen molar-refractivity contribution < 1.29 is 0 Å². The standard InChI is InChI=1S/C17H25N3/c1-5-6-18-15(4)17-10-19-20(12-17)11-16-8-13(2)7-14(3)9-16/h7-10,12,15,18H,5-6,11H2,1-4H3. The molecule has 1 atom stereocenters. The van der Waals surface area contributed by atoms with Gasteiger partial charge in [-0.1, -0.05) is 36.2 Å². The van der Waals surface area contributed by atoms with Gasteiger partial charge in [0, 0.05) is 17.8 Å². The SMILES string of the molecule is CCCNC(C)c1cnn(Cc2cc(C)cc(C)c2)c1. The summed E-state index contributed by atoms with van der Waals surface area (Å²) in [7, 11) is 0. The van der Waals surface area contributed by atoms with Crippen LogP contribution in [0.1, 0.15) is 48.6 Å². The van der Waals surface area contributed by atoms with Gasteiger partial charge in [-0.2, -0.15) is 5.10 Å². The van der Waals surface area contributed by atoms with Crippen LogP contribution < -0.4 is 5.32 Å². The summed E-state index contributed by atoms with van der Waals surface area (Å²) in [6.45, 7) is 10.5. The highest BCUT2D eigenvalue weighted by atomic mass is 15.3. The van der Waals surface area contributed by atoms with Gasteiger partial charge >= 0.3 is 0 Å². The van der Waals surface area contributed by atoms with E-state index in [2.05, 4.69) is 62.5 Å². The van der Waals surface area contributed by atoms with Crippen LogP contribution in [-0.4, -0.2) is 16.3 Å². The van der Waals surface area contributed by atoms with Crippen LogP contribution in [0.4, 0.5) is 0 Å². The van der Waals surface area contributed by atoms with Crippen molar-refractivity contribution in [3.63, 3.8) is 0 Å². The van der Waals surface area contributed by atoms with E-state index in [9.17, 15) is 0 Å².